The third-order valence-corrected chi connectivity index (χ3v) is 4.01. The fourth-order valence-corrected chi connectivity index (χ4v) is 2.63. The lowest BCUT2D eigenvalue weighted by molar-refractivity contribution is -0.144. The predicted molar refractivity (Wildman–Crippen MR) is 74.7 cm³/mol. The molecular formula is C13H20F3N5. The summed E-state index contributed by atoms with van der Waals surface area (Å²) in [5.74, 6) is 4.90. The van der Waals surface area contributed by atoms with Crippen LogP contribution < -0.4 is 16.2 Å². The van der Waals surface area contributed by atoms with E-state index in [0.717, 1.165) is 25.7 Å². The Morgan fingerprint density at radius 2 is 1.86 bits per heavy atom. The SMILES string of the molecule is CC1CCC(N(C)c2cc(NN)nc(C(F)(F)F)n2)CC1. The van der Waals surface area contributed by atoms with Gasteiger partial charge in [-0.1, -0.05) is 6.92 Å². The molecular weight excluding hydrogens is 283 g/mol. The molecule has 0 spiro atoms. The van der Waals surface area contributed by atoms with E-state index in [1.54, 1.807) is 11.9 Å². The number of rotatable bonds is 3. The van der Waals surface area contributed by atoms with E-state index in [0.29, 0.717) is 5.92 Å². The number of nitrogens with zero attached hydrogens (tertiary/aromatic N) is 3. The van der Waals surface area contributed by atoms with Crippen molar-refractivity contribution in [3.8, 4) is 0 Å². The highest BCUT2D eigenvalue weighted by molar-refractivity contribution is 5.49. The molecule has 0 bridgehead atoms. The average Bonchev–Trinajstić information content (AvgIpc) is 2.46. The third-order valence-electron chi connectivity index (χ3n) is 4.01. The summed E-state index contributed by atoms with van der Waals surface area (Å²) in [5, 5.41) is 0. The van der Waals surface area contributed by atoms with Gasteiger partial charge in [0.05, 0.1) is 0 Å². The zero-order chi connectivity index (χ0) is 15.6. The van der Waals surface area contributed by atoms with Crippen molar-refractivity contribution in [1.29, 1.82) is 0 Å². The van der Waals surface area contributed by atoms with Crippen molar-refractivity contribution in [1.82, 2.24) is 9.97 Å². The van der Waals surface area contributed by atoms with E-state index in [-0.39, 0.29) is 17.7 Å². The number of nitrogens with two attached hydrogens (primary N) is 1. The highest BCUT2D eigenvalue weighted by atomic mass is 19.4. The van der Waals surface area contributed by atoms with Crippen LogP contribution in [0.5, 0.6) is 0 Å². The molecule has 1 aromatic rings. The Hall–Kier alpha value is -1.57. The second-order valence-electron chi connectivity index (χ2n) is 5.60. The second-order valence-corrected chi connectivity index (χ2v) is 5.60. The van der Waals surface area contributed by atoms with Gasteiger partial charge in [-0.3, -0.25) is 0 Å². The van der Waals surface area contributed by atoms with E-state index in [9.17, 15) is 13.2 Å². The molecule has 2 rings (SSSR count). The third kappa shape index (κ3) is 3.75. The predicted octanol–water partition coefficient (Wildman–Crippen LogP) is 2.80. The molecule has 0 aromatic carbocycles. The fourth-order valence-electron chi connectivity index (χ4n) is 2.63. The lowest BCUT2D eigenvalue weighted by atomic mass is 9.87. The van der Waals surface area contributed by atoms with Gasteiger partial charge in [0, 0.05) is 19.2 Å². The first kappa shape index (κ1) is 15.8. The molecule has 5 nitrogen and oxygen atoms in total. The van der Waals surface area contributed by atoms with Crippen molar-refractivity contribution in [3.63, 3.8) is 0 Å². The zero-order valence-corrected chi connectivity index (χ0v) is 12.1. The number of nitrogen functional groups attached to an aromatic ring is 1. The number of hydrogen-bond acceptors (Lipinski definition) is 5. The highest BCUT2D eigenvalue weighted by Crippen LogP contribution is 2.32. The standard InChI is InChI=1S/C13H20F3N5/c1-8-3-5-9(6-4-8)21(2)11-7-10(20-17)18-12(19-11)13(14,15)16/h7-9H,3-6,17H2,1-2H3,(H,18,19,20). The van der Waals surface area contributed by atoms with Crippen LogP contribution in [0.15, 0.2) is 6.07 Å². The number of hydrazine groups is 1. The molecule has 0 atom stereocenters. The molecule has 3 N–H and O–H groups in total. The van der Waals surface area contributed by atoms with Crippen LogP contribution in [-0.2, 0) is 6.18 Å². The van der Waals surface area contributed by atoms with Crippen LogP contribution in [0, 0.1) is 5.92 Å². The fraction of sp³-hybridized carbons (Fsp3) is 0.692. The van der Waals surface area contributed by atoms with Gasteiger partial charge in [-0.25, -0.2) is 15.8 Å². The monoisotopic (exact) mass is 303 g/mol. The maximum absolute atomic E-state index is 12.8. The molecule has 118 valence electrons. The van der Waals surface area contributed by atoms with Gasteiger partial charge in [0.2, 0.25) is 5.82 Å². The summed E-state index contributed by atoms with van der Waals surface area (Å²) in [5.41, 5.74) is 2.17. The zero-order valence-electron chi connectivity index (χ0n) is 12.1. The van der Waals surface area contributed by atoms with Crippen molar-refractivity contribution in [2.45, 2.75) is 44.8 Å². The number of anilines is 2. The smallest absolute Gasteiger partial charge is 0.357 e. The number of hydrogen-bond donors (Lipinski definition) is 2. The number of aromatic nitrogens is 2. The molecule has 1 heterocycles. The van der Waals surface area contributed by atoms with E-state index >= 15 is 0 Å². The molecule has 0 aliphatic heterocycles. The van der Waals surface area contributed by atoms with Gasteiger partial charge in [-0.15, -0.1) is 0 Å². The number of alkyl halides is 3. The Morgan fingerprint density at radius 1 is 1.24 bits per heavy atom. The van der Waals surface area contributed by atoms with Gasteiger partial charge in [-0.05, 0) is 31.6 Å². The highest BCUT2D eigenvalue weighted by Gasteiger charge is 2.36. The molecule has 0 radical (unpaired) electrons. The number of nitrogens with one attached hydrogen (secondary N) is 1. The summed E-state index contributed by atoms with van der Waals surface area (Å²) in [6, 6.07) is 1.63. The summed E-state index contributed by atoms with van der Waals surface area (Å²) in [4.78, 5) is 8.80. The van der Waals surface area contributed by atoms with Crippen molar-refractivity contribution in [2.24, 2.45) is 11.8 Å². The van der Waals surface area contributed by atoms with Gasteiger partial charge in [0.15, 0.2) is 0 Å². The molecule has 21 heavy (non-hydrogen) atoms. The molecule has 8 heteroatoms. The summed E-state index contributed by atoms with van der Waals surface area (Å²) in [7, 11) is 1.77. The van der Waals surface area contributed by atoms with Crippen molar-refractivity contribution < 1.29 is 13.2 Å². The Kier molecular flexibility index (Phi) is 4.55. The molecule has 1 aliphatic rings. The van der Waals surface area contributed by atoms with Crippen LogP contribution in [0.1, 0.15) is 38.4 Å². The van der Waals surface area contributed by atoms with Gasteiger partial charge in [-0.2, -0.15) is 13.2 Å². The topological polar surface area (TPSA) is 67.1 Å². The van der Waals surface area contributed by atoms with Gasteiger partial charge < -0.3 is 10.3 Å². The quantitative estimate of drug-likeness (QED) is 0.664. The van der Waals surface area contributed by atoms with Crippen LogP contribution in [0.4, 0.5) is 24.8 Å². The normalized spacial score (nSPS) is 23.0. The van der Waals surface area contributed by atoms with E-state index in [1.165, 1.54) is 6.07 Å². The Balaban J connectivity index is 2.25. The van der Waals surface area contributed by atoms with Gasteiger partial charge in [0.25, 0.3) is 0 Å². The molecule has 1 aliphatic carbocycles. The first-order chi connectivity index (χ1) is 9.81. The molecule has 0 amide bonds. The van der Waals surface area contributed by atoms with E-state index in [4.69, 9.17) is 5.84 Å². The largest absolute Gasteiger partial charge is 0.451 e. The molecule has 1 saturated carbocycles. The van der Waals surface area contributed by atoms with Crippen LogP contribution in [0.3, 0.4) is 0 Å². The Morgan fingerprint density at radius 3 is 2.38 bits per heavy atom. The van der Waals surface area contributed by atoms with Crippen LogP contribution >= 0.6 is 0 Å². The maximum atomic E-state index is 12.8. The molecule has 1 aromatic heterocycles. The van der Waals surface area contributed by atoms with E-state index in [1.807, 2.05) is 0 Å². The van der Waals surface area contributed by atoms with Crippen molar-refractivity contribution in [2.75, 3.05) is 17.4 Å². The van der Waals surface area contributed by atoms with Crippen LogP contribution in [0.25, 0.3) is 0 Å². The summed E-state index contributed by atoms with van der Waals surface area (Å²) >= 11 is 0. The lowest BCUT2D eigenvalue weighted by Crippen LogP contribution is -2.36. The second kappa shape index (κ2) is 6.05. The Bertz CT molecular complexity index is 483. The van der Waals surface area contributed by atoms with Crippen LogP contribution in [0.2, 0.25) is 0 Å². The Labute approximate surface area is 121 Å². The summed E-state index contributed by atoms with van der Waals surface area (Å²) in [6.45, 7) is 2.19. The first-order valence-electron chi connectivity index (χ1n) is 6.97. The maximum Gasteiger partial charge on any atom is 0.451 e. The minimum absolute atomic E-state index is 0.0386. The number of halogens is 3. The van der Waals surface area contributed by atoms with E-state index in [2.05, 4.69) is 22.3 Å². The lowest BCUT2D eigenvalue weighted by Gasteiger charge is -2.34. The van der Waals surface area contributed by atoms with Gasteiger partial charge >= 0.3 is 6.18 Å². The molecule has 0 unspecified atom stereocenters. The molecule has 1 fully saturated rings. The summed E-state index contributed by atoms with van der Waals surface area (Å²) in [6.07, 6.45) is -0.533. The van der Waals surface area contributed by atoms with Crippen molar-refractivity contribution in [3.05, 3.63) is 11.9 Å². The molecule has 0 saturated heterocycles. The van der Waals surface area contributed by atoms with Crippen LogP contribution in [-0.4, -0.2) is 23.1 Å². The van der Waals surface area contributed by atoms with E-state index < -0.39 is 12.0 Å². The average molecular weight is 303 g/mol. The minimum atomic E-state index is -4.59. The minimum Gasteiger partial charge on any atom is -0.357 e. The van der Waals surface area contributed by atoms with Crippen molar-refractivity contribution >= 4 is 11.6 Å². The first-order valence-corrected chi connectivity index (χ1v) is 6.97. The van der Waals surface area contributed by atoms with Gasteiger partial charge in [0.1, 0.15) is 11.6 Å². The summed E-state index contributed by atoms with van der Waals surface area (Å²) < 4.78 is 38.5.